The maximum absolute atomic E-state index is 13.2. The number of nitrogens with one attached hydrogen (secondary N) is 1. The van der Waals surface area contributed by atoms with E-state index in [0.717, 1.165) is 36.0 Å². The Morgan fingerprint density at radius 2 is 1.81 bits per heavy atom. The lowest BCUT2D eigenvalue weighted by Gasteiger charge is -2.14. The van der Waals surface area contributed by atoms with E-state index < -0.39 is 0 Å². The van der Waals surface area contributed by atoms with Crippen molar-refractivity contribution in [2.75, 3.05) is 12.4 Å². The molecule has 4 nitrogen and oxygen atoms in total. The van der Waals surface area contributed by atoms with E-state index in [0.29, 0.717) is 17.0 Å². The number of benzene rings is 4. The van der Waals surface area contributed by atoms with Gasteiger partial charge in [-0.2, -0.15) is 0 Å². The van der Waals surface area contributed by atoms with Crippen LogP contribution in [0, 0.1) is 0 Å². The first-order valence-corrected chi connectivity index (χ1v) is 11.3. The molecule has 1 N–H and O–H groups in total. The minimum atomic E-state index is -0.232. The Balaban J connectivity index is 1.49. The summed E-state index contributed by atoms with van der Waals surface area (Å²) in [5.41, 5.74) is 3.11. The van der Waals surface area contributed by atoms with Crippen LogP contribution in [0.5, 0.6) is 5.75 Å². The second-order valence-corrected chi connectivity index (χ2v) is 8.84. The van der Waals surface area contributed by atoms with Gasteiger partial charge >= 0.3 is 0 Å². The highest BCUT2D eigenvalue weighted by Crippen LogP contribution is 2.37. The zero-order chi connectivity index (χ0) is 21.4. The smallest absolute Gasteiger partial charge is 0.259 e. The fourth-order valence-electron chi connectivity index (χ4n) is 3.58. The van der Waals surface area contributed by atoms with Gasteiger partial charge in [-0.3, -0.25) is 4.79 Å². The van der Waals surface area contributed by atoms with Crippen molar-refractivity contribution in [2.45, 2.75) is 0 Å². The molecule has 0 aliphatic rings. The summed E-state index contributed by atoms with van der Waals surface area (Å²) in [4.78, 5) is 17.9. The maximum atomic E-state index is 13.2. The summed E-state index contributed by atoms with van der Waals surface area (Å²) in [6.45, 7) is 0. The number of thiazole rings is 1. The van der Waals surface area contributed by atoms with Gasteiger partial charge in [0.25, 0.3) is 5.91 Å². The number of halogens is 1. The lowest BCUT2D eigenvalue weighted by molar-refractivity contribution is 0.102. The minimum Gasteiger partial charge on any atom is -0.495 e. The molecule has 1 amide bonds. The molecule has 0 aliphatic heterocycles. The van der Waals surface area contributed by atoms with Crippen molar-refractivity contribution in [3.8, 4) is 16.3 Å². The molecule has 0 spiro atoms. The number of fused-ring (bicyclic) bond motifs is 2. The lowest BCUT2D eigenvalue weighted by atomic mass is 10.0. The molecule has 1 aromatic heterocycles. The van der Waals surface area contributed by atoms with Crippen LogP contribution in [0.2, 0.25) is 0 Å². The van der Waals surface area contributed by atoms with Gasteiger partial charge in [-0.15, -0.1) is 11.3 Å². The van der Waals surface area contributed by atoms with Crippen LogP contribution in [0.1, 0.15) is 10.4 Å². The summed E-state index contributed by atoms with van der Waals surface area (Å²) in [5, 5.41) is 5.88. The van der Waals surface area contributed by atoms with Crippen molar-refractivity contribution in [1.29, 1.82) is 0 Å². The topological polar surface area (TPSA) is 51.2 Å². The normalized spacial score (nSPS) is 11.0. The molecule has 31 heavy (non-hydrogen) atoms. The molecule has 0 aliphatic carbocycles. The van der Waals surface area contributed by atoms with Crippen molar-refractivity contribution >= 4 is 59.9 Å². The molecular formula is C25H17BrN2O2S. The first-order valence-electron chi connectivity index (χ1n) is 9.66. The molecule has 0 bridgehead atoms. The zero-order valence-corrected chi connectivity index (χ0v) is 19.0. The average molecular weight is 489 g/mol. The molecule has 6 heteroatoms. The van der Waals surface area contributed by atoms with Gasteiger partial charge in [0.1, 0.15) is 10.8 Å². The molecule has 5 rings (SSSR count). The van der Waals surface area contributed by atoms with Gasteiger partial charge in [-0.25, -0.2) is 4.98 Å². The number of aromatic nitrogens is 1. The van der Waals surface area contributed by atoms with Gasteiger partial charge in [0, 0.05) is 11.3 Å². The Bertz CT molecular complexity index is 1410. The van der Waals surface area contributed by atoms with Gasteiger partial charge in [-0.1, -0.05) is 48.5 Å². The lowest BCUT2D eigenvalue weighted by Crippen LogP contribution is -2.13. The van der Waals surface area contributed by atoms with Crippen LogP contribution in [0.25, 0.3) is 31.6 Å². The molecule has 152 valence electrons. The Labute approximate surface area is 191 Å². The highest BCUT2D eigenvalue weighted by Gasteiger charge is 2.18. The van der Waals surface area contributed by atoms with E-state index in [-0.39, 0.29) is 5.91 Å². The summed E-state index contributed by atoms with van der Waals surface area (Å²) < 4.78 is 7.46. The minimum absolute atomic E-state index is 0.232. The third kappa shape index (κ3) is 3.69. The quantitative estimate of drug-likeness (QED) is 0.292. The molecule has 0 unspecified atom stereocenters. The number of carbonyl (C=O) groups is 1. The Morgan fingerprint density at radius 1 is 1.00 bits per heavy atom. The molecule has 5 aromatic rings. The van der Waals surface area contributed by atoms with Crippen LogP contribution in [0.15, 0.2) is 83.3 Å². The van der Waals surface area contributed by atoms with E-state index in [4.69, 9.17) is 9.72 Å². The Hall–Kier alpha value is -3.22. The molecule has 0 fully saturated rings. The van der Waals surface area contributed by atoms with E-state index in [2.05, 4.69) is 27.3 Å². The van der Waals surface area contributed by atoms with E-state index in [9.17, 15) is 4.79 Å². The number of para-hydroxylation sites is 1. The first-order chi connectivity index (χ1) is 15.1. The predicted molar refractivity (Wildman–Crippen MR) is 131 cm³/mol. The van der Waals surface area contributed by atoms with Crippen LogP contribution in [0.3, 0.4) is 0 Å². The van der Waals surface area contributed by atoms with E-state index in [1.54, 1.807) is 18.4 Å². The first kappa shape index (κ1) is 19.7. The Kier molecular flexibility index (Phi) is 5.18. The standard InChI is InChI=1S/C25H17BrN2O2S/c1-30-23-19(14-15-7-2-3-10-18(15)22(23)26)24(29)27-17-9-6-8-16(13-17)25-28-20-11-4-5-12-21(20)31-25/h2-14H,1H3,(H,27,29). The van der Waals surface area contributed by atoms with Gasteiger partial charge < -0.3 is 10.1 Å². The third-order valence-electron chi connectivity index (χ3n) is 5.05. The predicted octanol–water partition coefficient (Wildman–Crippen LogP) is 7.14. The summed E-state index contributed by atoms with van der Waals surface area (Å²) in [5.74, 6) is 0.281. The number of carbonyl (C=O) groups excluding carboxylic acids is 1. The van der Waals surface area contributed by atoms with E-state index in [1.807, 2.05) is 72.8 Å². The number of rotatable bonds is 4. The van der Waals surface area contributed by atoms with Crippen LogP contribution >= 0.6 is 27.3 Å². The monoisotopic (exact) mass is 488 g/mol. The van der Waals surface area contributed by atoms with Crippen molar-refractivity contribution < 1.29 is 9.53 Å². The van der Waals surface area contributed by atoms with Crippen molar-refractivity contribution in [3.63, 3.8) is 0 Å². The van der Waals surface area contributed by atoms with Crippen LogP contribution in [0.4, 0.5) is 5.69 Å². The molecule has 1 heterocycles. The molecule has 0 radical (unpaired) electrons. The van der Waals surface area contributed by atoms with Crippen molar-refractivity contribution in [2.24, 2.45) is 0 Å². The van der Waals surface area contributed by atoms with Gasteiger partial charge in [0.05, 0.1) is 27.4 Å². The highest BCUT2D eigenvalue weighted by atomic mass is 79.9. The molecule has 0 saturated heterocycles. The van der Waals surface area contributed by atoms with E-state index in [1.165, 1.54) is 0 Å². The van der Waals surface area contributed by atoms with Crippen LogP contribution in [-0.2, 0) is 0 Å². The van der Waals surface area contributed by atoms with Gasteiger partial charge in [-0.05, 0) is 57.0 Å². The second kappa shape index (κ2) is 8.13. The van der Waals surface area contributed by atoms with Gasteiger partial charge in [0.15, 0.2) is 0 Å². The molecule has 0 saturated carbocycles. The number of methoxy groups -OCH3 is 1. The fourth-order valence-corrected chi connectivity index (χ4v) is 5.28. The fraction of sp³-hybridized carbons (Fsp3) is 0.0400. The van der Waals surface area contributed by atoms with Crippen LogP contribution in [-0.4, -0.2) is 18.0 Å². The third-order valence-corrected chi connectivity index (χ3v) is 6.92. The zero-order valence-electron chi connectivity index (χ0n) is 16.6. The number of amides is 1. The van der Waals surface area contributed by atoms with Crippen molar-refractivity contribution in [1.82, 2.24) is 4.98 Å². The summed E-state index contributed by atoms with van der Waals surface area (Å²) in [6, 6.07) is 25.5. The largest absolute Gasteiger partial charge is 0.495 e. The number of hydrogen-bond donors (Lipinski definition) is 1. The maximum Gasteiger partial charge on any atom is 0.259 e. The van der Waals surface area contributed by atoms with Crippen LogP contribution < -0.4 is 10.1 Å². The highest BCUT2D eigenvalue weighted by molar-refractivity contribution is 9.10. The summed E-state index contributed by atoms with van der Waals surface area (Å²) >= 11 is 5.23. The number of ether oxygens (including phenoxy) is 1. The second-order valence-electron chi connectivity index (χ2n) is 7.01. The van der Waals surface area contributed by atoms with Crippen molar-refractivity contribution in [3.05, 3.63) is 88.9 Å². The summed E-state index contributed by atoms with van der Waals surface area (Å²) in [7, 11) is 1.57. The SMILES string of the molecule is COc1c(C(=O)Nc2cccc(-c3nc4ccccc4s3)c2)cc2ccccc2c1Br. The number of hydrogen-bond acceptors (Lipinski definition) is 4. The molecule has 4 aromatic carbocycles. The molecule has 0 atom stereocenters. The number of anilines is 1. The Morgan fingerprint density at radius 3 is 2.65 bits per heavy atom. The van der Waals surface area contributed by atoms with Gasteiger partial charge in [0.2, 0.25) is 0 Å². The average Bonchev–Trinajstić information content (AvgIpc) is 3.24. The molecular weight excluding hydrogens is 472 g/mol. The summed E-state index contributed by atoms with van der Waals surface area (Å²) in [6.07, 6.45) is 0. The number of nitrogens with zero attached hydrogens (tertiary/aromatic N) is 1. The van der Waals surface area contributed by atoms with E-state index >= 15 is 0 Å².